The smallest absolute Gasteiger partial charge is 0.310 e. The highest BCUT2D eigenvalue weighted by Crippen LogP contribution is 2.53. The van der Waals surface area contributed by atoms with Gasteiger partial charge in [-0.2, -0.15) is 0 Å². The summed E-state index contributed by atoms with van der Waals surface area (Å²) < 4.78 is 5.12. The summed E-state index contributed by atoms with van der Waals surface area (Å²) in [4.78, 5) is 38.0. The van der Waals surface area contributed by atoms with Gasteiger partial charge in [0.25, 0.3) is 0 Å². The maximum Gasteiger partial charge on any atom is 0.310 e. The van der Waals surface area contributed by atoms with Gasteiger partial charge in [-0.1, -0.05) is 19.1 Å². The molecular weight excluding hydrogens is 294 g/mol. The summed E-state index contributed by atoms with van der Waals surface area (Å²) >= 11 is 0. The van der Waals surface area contributed by atoms with Crippen LogP contribution in [0.5, 0.6) is 5.75 Å². The van der Waals surface area contributed by atoms with Crippen LogP contribution >= 0.6 is 0 Å². The molecule has 2 aliphatic carbocycles. The first-order chi connectivity index (χ1) is 11.1. The van der Waals surface area contributed by atoms with Crippen LogP contribution in [0.15, 0.2) is 36.4 Å². The van der Waals surface area contributed by atoms with E-state index in [1.165, 1.54) is 4.90 Å². The number of benzene rings is 1. The normalized spacial score (nSPS) is 30.9. The Hall–Kier alpha value is -2.43. The molecule has 2 bridgehead atoms. The topological polar surface area (TPSA) is 63.7 Å². The van der Waals surface area contributed by atoms with Gasteiger partial charge in [0.1, 0.15) is 5.75 Å². The van der Waals surface area contributed by atoms with E-state index in [0.717, 1.165) is 6.42 Å². The van der Waals surface area contributed by atoms with Gasteiger partial charge in [0.15, 0.2) is 0 Å². The molecule has 5 heteroatoms. The molecule has 1 aliphatic heterocycles. The average Bonchev–Trinajstić information content (AvgIpc) is 3.23. The fourth-order valence-corrected chi connectivity index (χ4v) is 4.02. The highest BCUT2D eigenvalue weighted by molar-refractivity contribution is 6.22. The number of esters is 1. The van der Waals surface area contributed by atoms with Gasteiger partial charge in [0, 0.05) is 6.42 Å². The van der Waals surface area contributed by atoms with Crippen LogP contribution in [-0.4, -0.2) is 17.8 Å². The van der Waals surface area contributed by atoms with Gasteiger partial charge in [-0.05, 0) is 42.5 Å². The van der Waals surface area contributed by atoms with Crippen molar-refractivity contribution in [1.29, 1.82) is 0 Å². The molecule has 1 aromatic rings. The Morgan fingerprint density at radius 2 is 1.65 bits per heavy atom. The van der Waals surface area contributed by atoms with Crippen molar-refractivity contribution < 1.29 is 19.1 Å². The van der Waals surface area contributed by atoms with Crippen LogP contribution in [0, 0.1) is 23.7 Å². The molecule has 5 nitrogen and oxygen atoms in total. The standard InChI is InChI=1S/C18H17NO4/c1-2-14(20)23-13-7-5-12(6-8-13)19-17(21)15-10-3-4-11(9-10)16(15)18(19)22/h3-8,10-11,15-16H,2,9H2,1H3/t10-,11-,15-,16-/m0/s1. The van der Waals surface area contributed by atoms with Gasteiger partial charge < -0.3 is 4.74 Å². The Kier molecular flexibility index (Phi) is 3.11. The lowest BCUT2D eigenvalue weighted by molar-refractivity contribution is -0.134. The second-order valence-electron chi connectivity index (χ2n) is 6.33. The first kappa shape index (κ1) is 14.2. The lowest BCUT2D eigenvalue weighted by Crippen LogP contribution is -2.32. The highest BCUT2D eigenvalue weighted by Gasteiger charge is 2.59. The predicted octanol–water partition coefficient (Wildman–Crippen LogP) is 2.31. The molecule has 4 rings (SSSR count). The molecule has 2 fully saturated rings. The van der Waals surface area contributed by atoms with Gasteiger partial charge in [-0.3, -0.25) is 19.3 Å². The maximum absolute atomic E-state index is 12.7. The zero-order chi connectivity index (χ0) is 16.1. The Labute approximate surface area is 133 Å². The minimum atomic E-state index is -0.316. The third-order valence-corrected chi connectivity index (χ3v) is 5.09. The van der Waals surface area contributed by atoms with Gasteiger partial charge in [-0.15, -0.1) is 0 Å². The van der Waals surface area contributed by atoms with Crippen molar-refractivity contribution in [2.45, 2.75) is 19.8 Å². The number of allylic oxidation sites excluding steroid dienone is 2. The largest absolute Gasteiger partial charge is 0.427 e. The van der Waals surface area contributed by atoms with Crippen LogP contribution in [0.3, 0.4) is 0 Å². The average molecular weight is 311 g/mol. The van der Waals surface area contributed by atoms with E-state index in [4.69, 9.17) is 4.74 Å². The second-order valence-corrected chi connectivity index (χ2v) is 6.33. The zero-order valence-corrected chi connectivity index (χ0v) is 12.8. The summed E-state index contributed by atoms with van der Waals surface area (Å²) in [5, 5.41) is 0. The molecule has 3 aliphatic rings. The first-order valence-corrected chi connectivity index (χ1v) is 7.97. The van der Waals surface area contributed by atoms with E-state index in [9.17, 15) is 14.4 Å². The van der Waals surface area contributed by atoms with Crippen LogP contribution in [0.2, 0.25) is 0 Å². The number of amides is 2. The number of ether oxygens (including phenoxy) is 1. The van der Waals surface area contributed by atoms with Crippen molar-refractivity contribution in [3.63, 3.8) is 0 Å². The van der Waals surface area contributed by atoms with E-state index < -0.39 is 0 Å². The van der Waals surface area contributed by atoms with Gasteiger partial charge in [-0.25, -0.2) is 0 Å². The number of hydrogen-bond acceptors (Lipinski definition) is 4. The molecule has 1 saturated heterocycles. The second kappa shape index (κ2) is 5.05. The fraction of sp³-hybridized carbons (Fsp3) is 0.389. The lowest BCUT2D eigenvalue weighted by Gasteiger charge is -2.17. The molecule has 0 N–H and O–H groups in total. The molecule has 0 spiro atoms. The van der Waals surface area contributed by atoms with E-state index in [1.54, 1.807) is 31.2 Å². The molecule has 1 aromatic carbocycles. The quantitative estimate of drug-likeness (QED) is 0.372. The van der Waals surface area contributed by atoms with Crippen LogP contribution in [0.1, 0.15) is 19.8 Å². The molecule has 0 aromatic heterocycles. The molecular formula is C18H17NO4. The lowest BCUT2D eigenvalue weighted by atomic mass is 9.85. The predicted molar refractivity (Wildman–Crippen MR) is 82.6 cm³/mol. The van der Waals surface area contributed by atoms with Crippen molar-refractivity contribution in [3.8, 4) is 5.75 Å². The summed E-state index contributed by atoms with van der Waals surface area (Å²) in [6, 6.07) is 6.55. The number of imide groups is 1. The minimum absolute atomic E-state index is 0.102. The van der Waals surface area contributed by atoms with Crippen LogP contribution < -0.4 is 9.64 Å². The Morgan fingerprint density at radius 1 is 1.09 bits per heavy atom. The molecule has 118 valence electrons. The minimum Gasteiger partial charge on any atom is -0.427 e. The van der Waals surface area contributed by atoms with Crippen LogP contribution in [0.4, 0.5) is 5.69 Å². The Balaban J connectivity index is 1.58. The zero-order valence-electron chi connectivity index (χ0n) is 12.8. The van der Waals surface area contributed by atoms with Crippen molar-refractivity contribution >= 4 is 23.5 Å². The van der Waals surface area contributed by atoms with Gasteiger partial charge in [0.05, 0.1) is 17.5 Å². The summed E-state index contributed by atoms with van der Waals surface area (Å²) in [7, 11) is 0. The fourth-order valence-electron chi connectivity index (χ4n) is 4.02. The molecule has 1 saturated carbocycles. The Bertz CT molecular complexity index is 691. The summed E-state index contributed by atoms with van der Waals surface area (Å²) in [6.45, 7) is 1.72. The van der Waals surface area contributed by atoms with Crippen molar-refractivity contribution in [2.24, 2.45) is 23.7 Å². The summed E-state index contributed by atoms with van der Waals surface area (Å²) in [5.41, 5.74) is 0.546. The van der Waals surface area contributed by atoms with Crippen molar-refractivity contribution in [2.75, 3.05) is 4.90 Å². The van der Waals surface area contributed by atoms with E-state index in [1.807, 2.05) is 0 Å². The monoisotopic (exact) mass is 311 g/mol. The molecule has 2 amide bonds. The maximum atomic E-state index is 12.7. The summed E-state index contributed by atoms with van der Waals surface area (Å²) in [5.74, 6) is -0.0900. The first-order valence-electron chi connectivity index (χ1n) is 7.97. The number of hydrogen-bond donors (Lipinski definition) is 0. The summed E-state index contributed by atoms with van der Waals surface area (Å²) in [6.07, 6.45) is 5.37. The van der Waals surface area contributed by atoms with E-state index >= 15 is 0 Å². The number of rotatable bonds is 3. The highest BCUT2D eigenvalue weighted by atomic mass is 16.5. The number of nitrogens with zero attached hydrogens (tertiary/aromatic N) is 1. The third-order valence-electron chi connectivity index (χ3n) is 5.09. The molecule has 4 atom stereocenters. The van der Waals surface area contributed by atoms with Gasteiger partial charge in [0.2, 0.25) is 11.8 Å². The molecule has 23 heavy (non-hydrogen) atoms. The van der Waals surface area contributed by atoms with Crippen molar-refractivity contribution in [1.82, 2.24) is 0 Å². The van der Waals surface area contributed by atoms with Gasteiger partial charge >= 0.3 is 5.97 Å². The number of carbonyl (C=O) groups excluding carboxylic acids is 3. The number of anilines is 1. The third kappa shape index (κ3) is 2.03. The van der Waals surface area contributed by atoms with E-state index in [-0.39, 0.29) is 41.5 Å². The Morgan fingerprint density at radius 3 is 2.17 bits per heavy atom. The molecule has 0 radical (unpaired) electrons. The molecule has 1 heterocycles. The number of carbonyl (C=O) groups is 3. The number of fused-ring (bicyclic) bond motifs is 5. The molecule has 0 unspecified atom stereocenters. The van der Waals surface area contributed by atoms with Crippen molar-refractivity contribution in [3.05, 3.63) is 36.4 Å². The van der Waals surface area contributed by atoms with Crippen LogP contribution in [0.25, 0.3) is 0 Å². The SMILES string of the molecule is CCC(=O)Oc1ccc(N2C(=O)[C@@H]3[C@@H](C2=O)[C@H]2C=C[C@H]3C2)cc1. The van der Waals surface area contributed by atoms with E-state index in [2.05, 4.69) is 12.2 Å². The van der Waals surface area contributed by atoms with Crippen LogP contribution in [-0.2, 0) is 14.4 Å². The van der Waals surface area contributed by atoms with E-state index in [0.29, 0.717) is 17.9 Å².